The number of hydrogen-bond donors (Lipinski definition) is 1. The molecule has 168 valence electrons. The molecule has 0 spiro atoms. The lowest BCUT2D eigenvalue weighted by Crippen LogP contribution is -2.24. The second-order valence-electron chi connectivity index (χ2n) is 8.03. The van der Waals surface area contributed by atoms with Crippen LogP contribution in [0, 0.1) is 6.92 Å². The maximum absolute atomic E-state index is 13.4. The van der Waals surface area contributed by atoms with E-state index in [0.717, 1.165) is 35.4 Å². The van der Waals surface area contributed by atoms with E-state index in [1.165, 1.54) is 0 Å². The number of benzene rings is 1. The first-order valence-electron chi connectivity index (χ1n) is 10.9. The van der Waals surface area contributed by atoms with E-state index in [9.17, 15) is 4.79 Å². The normalized spacial score (nSPS) is 15.8. The predicted octanol–water partition coefficient (Wildman–Crippen LogP) is 4.10. The average Bonchev–Trinajstić information content (AvgIpc) is 3.32. The van der Waals surface area contributed by atoms with Crippen LogP contribution in [0.25, 0.3) is 33.4 Å². The van der Waals surface area contributed by atoms with Gasteiger partial charge in [0.1, 0.15) is 5.65 Å². The summed E-state index contributed by atoms with van der Waals surface area (Å²) in [7, 11) is 0. The highest BCUT2D eigenvalue weighted by atomic mass is 35.5. The third-order valence-electron chi connectivity index (χ3n) is 5.72. The van der Waals surface area contributed by atoms with E-state index >= 15 is 0 Å². The summed E-state index contributed by atoms with van der Waals surface area (Å²) in [6, 6.07) is 7.55. The van der Waals surface area contributed by atoms with Crippen LogP contribution in [0.15, 0.2) is 47.7 Å². The van der Waals surface area contributed by atoms with Crippen LogP contribution in [0.4, 0.5) is 5.95 Å². The topological polar surface area (TPSA) is 94.8 Å². The van der Waals surface area contributed by atoms with Gasteiger partial charge in [-0.25, -0.2) is 9.97 Å². The lowest BCUT2D eigenvalue weighted by Gasteiger charge is -2.14. The van der Waals surface area contributed by atoms with E-state index < -0.39 is 0 Å². The molecular weight excluding hydrogens is 440 g/mol. The third kappa shape index (κ3) is 4.19. The van der Waals surface area contributed by atoms with Gasteiger partial charge in [-0.2, -0.15) is 4.98 Å². The quantitative estimate of drug-likeness (QED) is 0.477. The van der Waals surface area contributed by atoms with Gasteiger partial charge < -0.3 is 10.1 Å². The Morgan fingerprint density at radius 1 is 1.18 bits per heavy atom. The summed E-state index contributed by atoms with van der Waals surface area (Å²) in [5, 5.41) is 4.53. The van der Waals surface area contributed by atoms with Crippen molar-refractivity contribution in [3.8, 4) is 22.4 Å². The van der Waals surface area contributed by atoms with Crippen molar-refractivity contribution in [3.05, 3.63) is 63.9 Å². The van der Waals surface area contributed by atoms with Gasteiger partial charge in [0.2, 0.25) is 5.95 Å². The molecule has 3 aromatic heterocycles. The van der Waals surface area contributed by atoms with Crippen molar-refractivity contribution in [2.75, 3.05) is 18.5 Å². The fourth-order valence-electron chi connectivity index (χ4n) is 4.04. The third-order valence-corrected chi connectivity index (χ3v) is 6.03. The molecule has 33 heavy (non-hydrogen) atoms. The van der Waals surface area contributed by atoms with Gasteiger partial charge in [-0.15, -0.1) is 0 Å². The maximum Gasteiger partial charge on any atom is 0.260 e. The van der Waals surface area contributed by atoms with Crippen molar-refractivity contribution in [1.29, 1.82) is 0 Å². The molecule has 1 aromatic carbocycles. The van der Waals surface area contributed by atoms with Gasteiger partial charge >= 0.3 is 0 Å². The standard InChI is InChI=1S/C24H23ClN6O2/c1-3-31-22-16(11-27-24(30-22)29-17-6-7-33-13-17)8-19(23(31)32)18-5-4-15(9-20(18)25)21-12-26-10-14(2)28-21/h4-5,8-12,17H,3,6-7,13H2,1-2H3,(H,27,29,30)/t17-/m0/s1. The van der Waals surface area contributed by atoms with Crippen LogP contribution in [-0.2, 0) is 11.3 Å². The Labute approximate surface area is 195 Å². The monoisotopic (exact) mass is 462 g/mol. The molecule has 0 unspecified atom stereocenters. The number of anilines is 1. The SMILES string of the molecule is CCn1c(=O)c(-c2ccc(-c3cncc(C)n3)cc2Cl)cc2cnc(N[C@H]3CCOC3)nc21. The van der Waals surface area contributed by atoms with Crippen molar-refractivity contribution < 1.29 is 4.74 Å². The van der Waals surface area contributed by atoms with Crippen molar-refractivity contribution in [3.63, 3.8) is 0 Å². The minimum Gasteiger partial charge on any atom is -0.379 e. The van der Waals surface area contributed by atoms with Gasteiger partial charge in [0.25, 0.3) is 5.56 Å². The van der Waals surface area contributed by atoms with Crippen molar-refractivity contribution >= 4 is 28.6 Å². The number of nitrogens with one attached hydrogen (secondary N) is 1. The number of aromatic nitrogens is 5. The maximum atomic E-state index is 13.4. The molecule has 8 nitrogen and oxygen atoms in total. The molecule has 1 fully saturated rings. The molecule has 4 heterocycles. The summed E-state index contributed by atoms with van der Waals surface area (Å²) in [6.07, 6.45) is 6.04. The smallest absolute Gasteiger partial charge is 0.260 e. The zero-order valence-corrected chi connectivity index (χ0v) is 19.1. The van der Waals surface area contributed by atoms with Crippen molar-refractivity contribution in [2.45, 2.75) is 32.9 Å². The van der Waals surface area contributed by atoms with Gasteiger partial charge in [0.05, 0.1) is 30.2 Å². The highest BCUT2D eigenvalue weighted by Crippen LogP contribution is 2.31. The molecule has 1 aliphatic rings. The first-order chi connectivity index (χ1) is 16.0. The molecule has 0 aliphatic carbocycles. The number of pyridine rings is 1. The first-order valence-corrected chi connectivity index (χ1v) is 11.2. The Kier molecular flexibility index (Phi) is 5.78. The number of aryl methyl sites for hydroxylation is 2. The second kappa shape index (κ2) is 8.88. The van der Waals surface area contributed by atoms with Gasteiger partial charge in [0, 0.05) is 52.6 Å². The predicted molar refractivity (Wildman–Crippen MR) is 129 cm³/mol. The summed E-state index contributed by atoms with van der Waals surface area (Å²) in [6.45, 7) is 5.64. The second-order valence-corrected chi connectivity index (χ2v) is 8.43. The molecule has 0 radical (unpaired) electrons. The Bertz CT molecular complexity index is 1400. The number of ether oxygens (including phenoxy) is 1. The zero-order valence-electron chi connectivity index (χ0n) is 18.4. The molecule has 0 saturated carbocycles. The number of fused-ring (bicyclic) bond motifs is 1. The number of halogens is 1. The van der Waals surface area contributed by atoms with E-state index in [0.29, 0.717) is 40.9 Å². The van der Waals surface area contributed by atoms with Gasteiger partial charge in [-0.1, -0.05) is 23.7 Å². The average molecular weight is 463 g/mol. The van der Waals surface area contributed by atoms with Crippen LogP contribution in [-0.4, -0.2) is 43.8 Å². The molecule has 1 saturated heterocycles. The van der Waals surface area contributed by atoms with Crippen LogP contribution in [0.1, 0.15) is 19.0 Å². The molecule has 0 amide bonds. The molecular formula is C24H23ClN6O2. The lowest BCUT2D eigenvalue weighted by atomic mass is 10.0. The molecule has 0 bridgehead atoms. The van der Waals surface area contributed by atoms with Gasteiger partial charge in [-0.3, -0.25) is 14.3 Å². The highest BCUT2D eigenvalue weighted by molar-refractivity contribution is 6.33. The summed E-state index contributed by atoms with van der Waals surface area (Å²) in [5.74, 6) is 0.494. The Morgan fingerprint density at radius 2 is 2.06 bits per heavy atom. The van der Waals surface area contributed by atoms with E-state index in [-0.39, 0.29) is 11.6 Å². The highest BCUT2D eigenvalue weighted by Gasteiger charge is 2.18. The number of nitrogens with zero attached hydrogens (tertiary/aromatic N) is 5. The number of rotatable bonds is 5. The molecule has 5 rings (SSSR count). The molecule has 4 aromatic rings. The van der Waals surface area contributed by atoms with Crippen molar-refractivity contribution in [2.24, 2.45) is 0 Å². The van der Waals surface area contributed by atoms with E-state index in [4.69, 9.17) is 16.3 Å². The van der Waals surface area contributed by atoms with Gasteiger partial charge in [0.15, 0.2) is 0 Å². The van der Waals surface area contributed by atoms with Crippen LogP contribution in [0.2, 0.25) is 5.02 Å². The Morgan fingerprint density at radius 3 is 2.79 bits per heavy atom. The fraction of sp³-hybridized carbons (Fsp3) is 0.292. The van der Waals surface area contributed by atoms with E-state index in [1.54, 1.807) is 29.2 Å². The minimum atomic E-state index is -0.149. The van der Waals surface area contributed by atoms with Crippen LogP contribution >= 0.6 is 11.6 Å². The Balaban J connectivity index is 1.56. The van der Waals surface area contributed by atoms with E-state index in [2.05, 4.69) is 25.3 Å². The lowest BCUT2D eigenvalue weighted by molar-refractivity contribution is 0.195. The van der Waals surface area contributed by atoms with Crippen LogP contribution < -0.4 is 10.9 Å². The molecule has 1 aliphatic heterocycles. The van der Waals surface area contributed by atoms with Crippen LogP contribution in [0.3, 0.4) is 0 Å². The summed E-state index contributed by atoms with van der Waals surface area (Å²) in [4.78, 5) is 31.2. The number of hydrogen-bond acceptors (Lipinski definition) is 7. The van der Waals surface area contributed by atoms with E-state index in [1.807, 2.05) is 32.0 Å². The zero-order chi connectivity index (χ0) is 22.9. The van der Waals surface area contributed by atoms with Crippen LogP contribution in [0.5, 0.6) is 0 Å². The largest absolute Gasteiger partial charge is 0.379 e. The Hall–Kier alpha value is -3.36. The molecule has 1 atom stereocenters. The van der Waals surface area contributed by atoms with Gasteiger partial charge in [-0.05, 0) is 32.4 Å². The summed E-state index contributed by atoms with van der Waals surface area (Å²) >= 11 is 6.64. The minimum absolute atomic E-state index is 0.149. The fourth-order valence-corrected chi connectivity index (χ4v) is 4.32. The summed E-state index contributed by atoms with van der Waals surface area (Å²) in [5.41, 5.74) is 3.99. The summed E-state index contributed by atoms with van der Waals surface area (Å²) < 4.78 is 7.06. The molecule has 1 N–H and O–H groups in total. The molecule has 9 heteroatoms. The first kappa shape index (κ1) is 21.5. The van der Waals surface area contributed by atoms with Crippen molar-refractivity contribution in [1.82, 2.24) is 24.5 Å².